The van der Waals surface area contributed by atoms with Crippen LogP contribution < -0.4 is 14.8 Å². The Morgan fingerprint density at radius 1 is 1.08 bits per heavy atom. The molecule has 1 aliphatic rings. The second-order valence-corrected chi connectivity index (χ2v) is 6.49. The number of benzene rings is 2. The van der Waals surface area contributed by atoms with Crippen LogP contribution in [-0.2, 0) is 14.9 Å². The number of hydrogen-bond acceptors (Lipinski definition) is 4. The average molecular weight is 355 g/mol. The summed E-state index contributed by atoms with van der Waals surface area (Å²) in [6.45, 7) is 0.402. The monoisotopic (exact) mass is 355 g/mol. The molecule has 0 aliphatic heterocycles. The number of methoxy groups -OCH3 is 3. The summed E-state index contributed by atoms with van der Waals surface area (Å²) in [4.78, 5) is 12.9. The van der Waals surface area contributed by atoms with Crippen LogP contribution in [-0.4, -0.2) is 33.8 Å². The van der Waals surface area contributed by atoms with Crippen molar-refractivity contribution in [3.63, 3.8) is 0 Å². The van der Waals surface area contributed by atoms with E-state index in [0.717, 1.165) is 35.5 Å². The number of para-hydroxylation sites is 1. The minimum absolute atomic E-state index is 0.0203. The van der Waals surface area contributed by atoms with Crippen LogP contribution in [0.1, 0.15) is 30.1 Å². The zero-order valence-electron chi connectivity index (χ0n) is 15.5. The lowest BCUT2D eigenvalue weighted by Gasteiger charge is -2.21. The van der Waals surface area contributed by atoms with Crippen molar-refractivity contribution in [3.05, 3.63) is 59.7 Å². The normalized spacial score (nSPS) is 15.8. The maximum absolute atomic E-state index is 12.9. The Hall–Kier alpha value is -2.53. The number of amides is 1. The van der Waals surface area contributed by atoms with Crippen molar-refractivity contribution in [3.8, 4) is 11.5 Å². The van der Waals surface area contributed by atoms with Gasteiger partial charge in [0.1, 0.15) is 11.5 Å². The van der Waals surface area contributed by atoms with Crippen LogP contribution >= 0.6 is 0 Å². The third-order valence-corrected chi connectivity index (χ3v) is 5.01. The van der Waals surface area contributed by atoms with E-state index in [9.17, 15) is 4.79 Å². The van der Waals surface area contributed by atoms with Gasteiger partial charge in [0.25, 0.3) is 0 Å². The van der Waals surface area contributed by atoms with E-state index in [-0.39, 0.29) is 12.0 Å². The summed E-state index contributed by atoms with van der Waals surface area (Å²) in [7, 11) is 4.91. The molecule has 0 radical (unpaired) electrons. The van der Waals surface area contributed by atoms with Gasteiger partial charge in [-0.1, -0.05) is 30.3 Å². The Kier molecular flexibility index (Phi) is 5.47. The summed E-state index contributed by atoms with van der Waals surface area (Å²) in [6.07, 6.45) is 1.42. The quantitative estimate of drug-likeness (QED) is 0.790. The lowest BCUT2D eigenvalue weighted by atomic mass is 9.93. The van der Waals surface area contributed by atoms with E-state index in [2.05, 4.69) is 5.32 Å². The molecule has 1 amide bonds. The Balaban J connectivity index is 1.71. The summed E-state index contributed by atoms with van der Waals surface area (Å²) < 4.78 is 16.3. The van der Waals surface area contributed by atoms with Crippen molar-refractivity contribution in [2.24, 2.45) is 0 Å². The maximum atomic E-state index is 12.9. The van der Waals surface area contributed by atoms with Gasteiger partial charge in [-0.05, 0) is 36.6 Å². The van der Waals surface area contributed by atoms with Crippen molar-refractivity contribution < 1.29 is 19.0 Å². The molecule has 1 saturated carbocycles. The predicted molar refractivity (Wildman–Crippen MR) is 99.7 cm³/mol. The third kappa shape index (κ3) is 3.53. The molecule has 1 unspecified atom stereocenters. The van der Waals surface area contributed by atoms with Crippen molar-refractivity contribution in [1.82, 2.24) is 5.32 Å². The molecular weight excluding hydrogens is 330 g/mol. The SMILES string of the molecule is COc1cccc(C(CNC(=O)C2(c3ccccc3OC)CC2)OC)c1. The smallest absolute Gasteiger partial charge is 0.230 e. The lowest BCUT2D eigenvalue weighted by molar-refractivity contribution is -0.124. The third-order valence-electron chi connectivity index (χ3n) is 5.01. The molecule has 5 nitrogen and oxygen atoms in total. The Bertz CT molecular complexity index is 770. The molecule has 1 N–H and O–H groups in total. The second-order valence-electron chi connectivity index (χ2n) is 6.49. The van der Waals surface area contributed by atoms with Gasteiger partial charge >= 0.3 is 0 Å². The molecular formula is C21H25NO4. The van der Waals surface area contributed by atoms with Gasteiger partial charge in [-0.2, -0.15) is 0 Å². The molecule has 0 saturated heterocycles. The first kappa shape index (κ1) is 18.3. The highest BCUT2D eigenvalue weighted by Crippen LogP contribution is 2.51. The van der Waals surface area contributed by atoms with E-state index < -0.39 is 5.41 Å². The van der Waals surface area contributed by atoms with Gasteiger partial charge in [-0.3, -0.25) is 4.79 Å². The highest BCUT2D eigenvalue weighted by Gasteiger charge is 2.52. The van der Waals surface area contributed by atoms with Crippen LogP contribution in [0.25, 0.3) is 0 Å². The predicted octanol–water partition coefficient (Wildman–Crippen LogP) is 3.24. The van der Waals surface area contributed by atoms with E-state index in [1.54, 1.807) is 21.3 Å². The molecule has 0 bridgehead atoms. The van der Waals surface area contributed by atoms with Gasteiger partial charge in [-0.25, -0.2) is 0 Å². The molecule has 0 heterocycles. The first-order valence-electron chi connectivity index (χ1n) is 8.73. The number of carbonyl (C=O) groups is 1. The van der Waals surface area contributed by atoms with E-state index in [0.29, 0.717) is 6.54 Å². The molecule has 138 valence electrons. The van der Waals surface area contributed by atoms with Crippen molar-refractivity contribution >= 4 is 5.91 Å². The van der Waals surface area contributed by atoms with Crippen LogP contribution in [0.3, 0.4) is 0 Å². The second kappa shape index (κ2) is 7.79. The molecule has 3 rings (SSSR count). The summed E-state index contributed by atoms with van der Waals surface area (Å²) in [5.41, 5.74) is 1.43. The summed E-state index contributed by atoms with van der Waals surface area (Å²) >= 11 is 0. The van der Waals surface area contributed by atoms with Gasteiger partial charge in [0.2, 0.25) is 5.91 Å². The zero-order valence-corrected chi connectivity index (χ0v) is 15.5. The molecule has 2 aromatic rings. The van der Waals surface area contributed by atoms with Crippen molar-refractivity contribution in [2.45, 2.75) is 24.4 Å². The van der Waals surface area contributed by atoms with Crippen LogP contribution in [0.15, 0.2) is 48.5 Å². The number of rotatable bonds is 8. The standard InChI is InChI=1S/C21H25NO4/c1-24-16-8-6-7-15(13-16)19(26-3)14-22-20(23)21(11-12-21)17-9-4-5-10-18(17)25-2/h4-10,13,19H,11-12,14H2,1-3H3,(H,22,23). The molecule has 0 spiro atoms. The lowest BCUT2D eigenvalue weighted by Crippen LogP contribution is -2.37. The van der Waals surface area contributed by atoms with E-state index in [4.69, 9.17) is 14.2 Å². The Labute approximate surface area is 154 Å². The fraction of sp³-hybridized carbons (Fsp3) is 0.381. The summed E-state index contributed by atoms with van der Waals surface area (Å²) in [5, 5.41) is 3.06. The molecule has 5 heteroatoms. The van der Waals surface area contributed by atoms with Crippen LogP contribution in [0.4, 0.5) is 0 Å². The van der Waals surface area contributed by atoms with E-state index >= 15 is 0 Å². The molecule has 1 fully saturated rings. The number of nitrogens with one attached hydrogen (secondary N) is 1. The minimum Gasteiger partial charge on any atom is -0.497 e. The zero-order chi connectivity index (χ0) is 18.6. The van der Waals surface area contributed by atoms with Crippen LogP contribution in [0, 0.1) is 0 Å². The minimum atomic E-state index is -0.487. The first-order chi connectivity index (χ1) is 12.6. The largest absolute Gasteiger partial charge is 0.497 e. The molecule has 2 aromatic carbocycles. The Morgan fingerprint density at radius 3 is 2.50 bits per heavy atom. The highest BCUT2D eigenvalue weighted by atomic mass is 16.5. The van der Waals surface area contributed by atoms with E-state index in [1.807, 2.05) is 48.5 Å². The van der Waals surface area contributed by atoms with Crippen LogP contribution in [0.5, 0.6) is 11.5 Å². The number of ether oxygens (including phenoxy) is 3. The Morgan fingerprint density at radius 2 is 1.85 bits per heavy atom. The van der Waals surface area contributed by atoms with Crippen LogP contribution in [0.2, 0.25) is 0 Å². The van der Waals surface area contributed by atoms with Crippen molar-refractivity contribution in [1.29, 1.82) is 0 Å². The number of hydrogen-bond donors (Lipinski definition) is 1. The molecule has 0 aromatic heterocycles. The van der Waals surface area contributed by atoms with E-state index in [1.165, 1.54) is 0 Å². The molecule has 26 heavy (non-hydrogen) atoms. The van der Waals surface area contributed by atoms with Gasteiger partial charge in [0, 0.05) is 19.2 Å². The first-order valence-corrected chi connectivity index (χ1v) is 8.73. The highest BCUT2D eigenvalue weighted by molar-refractivity contribution is 5.92. The fourth-order valence-corrected chi connectivity index (χ4v) is 3.32. The van der Waals surface area contributed by atoms with Gasteiger partial charge in [-0.15, -0.1) is 0 Å². The molecule has 1 aliphatic carbocycles. The topological polar surface area (TPSA) is 56.8 Å². The summed E-state index contributed by atoms with van der Waals surface area (Å²) in [6, 6.07) is 15.4. The maximum Gasteiger partial charge on any atom is 0.230 e. The van der Waals surface area contributed by atoms with Crippen molar-refractivity contribution in [2.75, 3.05) is 27.9 Å². The number of carbonyl (C=O) groups excluding carboxylic acids is 1. The van der Waals surface area contributed by atoms with Gasteiger partial charge < -0.3 is 19.5 Å². The van der Waals surface area contributed by atoms with Gasteiger partial charge in [0.05, 0.1) is 25.7 Å². The fourth-order valence-electron chi connectivity index (χ4n) is 3.32. The average Bonchev–Trinajstić information content (AvgIpc) is 3.50. The summed E-state index contributed by atoms with van der Waals surface area (Å²) in [5.74, 6) is 1.55. The van der Waals surface area contributed by atoms with Gasteiger partial charge in [0.15, 0.2) is 0 Å². The molecule has 1 atom stereocenters.